The molecule has 0 spiro atoms. The second-order valence-corrected chi connectivity index (χ2v) is 4.68. The summed E-state index contributed by atoms with van der Waals surface area (Å²) in [5.41, 5.74) is 0.673. The van der Waals surface area contributed by atoms with Gasteiger partial charge in [0.05, 0.1) is 12.3 Å². The van der Waals surface area contributed by atoms with E-state index in [2.05, 4.69) is 5.10 Å². The summed E-state index contributed by atoms with van der Waals surface area (Å²) < 4.78 is 12.4. The Kier molecular flexibility index (Phi) is 3.22. The van der Waals surface area contributed by atoms with Gasteiger partial charge in [-0.25, -0.2) is 4.68 Å². The fourth-order valence-corrected chi connectivity index (χ4v) is 1.65. The second kappa shape index (κ2) is 4.02. The van der Waals surface area contributed by atoms with Crippen LogP contribution >= 0.6 is 0 Å². The third-order valence-corrected chi connectivity index (χ3v) is 2.31. The average Bonchev–Trinajstić information content (AvgIpc) is 2.29. The molecule has 0 bridgehead atoms. The van der Waals surface area contributed by atoms with Crippen molar-refractivity contribution in [2.75, 3.05) is 6.26 Å². The highest BCUT2D eigenvalue weighted by atomic mass is 32.2. The molecule has 0 aromatic carbocycles. The Hall–Kier alpha value is -0.680. The lowest BCUT2D eigenvalue weighted by molar-refractivity contribution is 0.377. The summed E-state index contributed by atoms with van der Waals surface area (Å²) in [5.74, 6) is 0.531. The van der Waals surface area contributed by atoms with Crippen molar-refractivity contribution in [3.63, 3.8) is 0 Å². The molecular formula is C8H14N2O2S. The Morgan fingerprint density at radius 2 is 2.31 bits per heavy atom. The number of aromatic nitrogens is 2. The Morgan fingerprint density at radius 1 is 1.69 bits per heavy atom. The van der Waals surface area contributed by atoms with E-state index in [4.69, 9.17) is 0 Å². The third-order valence-electron chi connectivity index (χ3n) is 1.61. The predicted molar refractivity (Wildman–Crippen MR) is 52.0 cm³/mol. The summed E-state index contributed by atoms with van der Waals surface area (Å²) in [6, 6.07) is 1.68. The quantitative estimate of drug-likeness (QED) is 0.745. The lowest BCUT2D eigenvalue weighted by atomic mass is 10.4. The van der Waals surface area contributed by atoms with Gasteiger partial charge in [0.2, 0.25) is 5.88 Å². The van der Waals surface area contributed by atoms with Crippen LogP contribution in [0.2, 0.25) is 0 Å². The van der Waals surface area contributed by atoms with Crippen LogP contribution in [0, 0.1) is 0 Å². The first-order valence-electron chi connectivity index (χ1n) is 4.08. The van der Waals surface area contributed by atoms with Gasteiger partial charge in [-0.3, -0.25) is 0 Å². The Labute approximate surface area is 80.8 Å². The van der Waals surface area contributed by atoms with Crippen molar-refractivity contribution in [1.82, 2.24) is 9.78 Å². The number of nitrogens with zero attached hydrogens (tertiary/aromatic N) is 2. The number of hydrogen-bond donors (Lipinski definition) is 1. The van der Waals surface area contributed by atoms with Gasteiger partial charge in [-0.05, 0) is 13.8 Å². The van der Waals surface area contributed by atoms with Crippen molar-refractivity contribution in [2.24, 2.45) is 0 Å². The first kappa shape index (κ1) is 10.4. The molecule has 1 rings (SSSR count). The topological polar surface area (TPSA) is 61.1 Å². The summed E-state index contributed by atoms with van der Waals surface area (Å²) in [6.45, 7) is 3.86. The van der Waals surface area contributed by atoms with E-state index in [1.54, 1.807) is 12.3 Å². The largest absolute Gasteiger partial charge is 0.616 e. The fraction of sp³-hybridized carbons (Fsp3) is 0.625. The van der Waals surface area contributed by atoms with Crippen LogP contribution in [-0.4, -0.2) is 25.7 Å². The van der Waals surface area contributed by atoms with E-state index in [9.17, 15) is 9.66 Å². The molecule has 0 aliphatic rings. The highest BCUT2D eigenvalue weighted by molar-refractivity contribution is 7.89. The normalized spacial score (nSPS) is 13.6. The summed E-state index contributed by atoms with van der Waals surface area (Å²) in [7, 11) is 0. The molecule has 1 aromatic rings. The van der Waals surface area contributed by atoms with Crippen molar-refractivity contribution in [2.45, 2.75) is 25.6 Å². The Balaban J connectivity index is 2.82. The van der Waals surface area contributed by atoms with E-state index in [0.717, 1.165) is 0 Å². The third kappa shape index (κ3) is 2.63. The van der Waals surface area contributed by atoms with Gasteiger partial charge < -0.3 is 9.66 Å². The minimum atomic E-state index is -0.912. The van der Waals surface area contributed by atoms with Gasteiger partial charge >= 0.3 is 0 Å². The molecule has 5 heteroatoms. The fourth-order valence-electron chi connectivity index (χ4n) is 1.09. The molecule has 4 nitrogen and oxygen atoms in total. The van der Waals surface area contributed by atoms with Gasteiger partial charge in [0.25, 0.3) is 0 Å². The van der Waals surface area contributed by atoms with Crippen molar-refractivity contribution in [3.05, 3.63) is 11.8 Å². The molecule has 0 radical (unpaired) electrons. The van der Waals surface area contributed by atoms with E-state index in [1.165, 1.54) is 4.68 Å². The molecule has 0 fully saturated rings. The highest BCUT2D eigenvalue weighted by Crippen LogP contribution is 2.17. The van der Waals surface area contributed by atoms with Crippen molar-refractivity contribution < 1.29 is 9.66 Å². The maximum atomic E-state index is 10.9. The zero-order valence-electron chi connectivity index (χ0n) is 8.02. The number of rotatable bonds is 3. The molecule has 0 amide bonds. The van der Waals surface area contributed by atoms with E-state index in [1.807, 2.05) is 13.8 Å². The van der Waals surface area contributed by atoms with E-state index >= 15 is 0 Å². The molecule has 0 aliphatic heterocycles. The maximum Gasteiger partial charge on any atom is 0.209 e. The van der Waals surface area contributed by atoms with Gasteiger partial charge in [-0.1, -0.05) is 11.2 Å². The second-order valence-electron chi connectivity index (χ2n) is 3.25. The highest BCUT2D eigenvalue weighted by Gasteiger charge is 2.11. The molecule has 1 N–H and O–H groups in total. The molecular weight excluding hydrogens is 188 g/mol. The molecule has 13 heavy (non-hydrogen) atoms. The monoisotopic (exact) mass is 202 g/mol. The van der Waals surface area contributed by atoms with Crippen LogP contribution in [0.5, 0.6) is 5.88 Å². The van der Waals surface area contributed by atoms with Crippen LogP contribution in [0.1, 0.15) is 25.6 Å². The van der Waals surface area contributed by atoms with Gasteiger partial charge in [-0.15, -0.1) is 0 Å². The van der Waals surface area contributed by atoms with Crippen LogP contribution in [0.25, 0.3) is 0 Å². The van der Waals surface area contributed by atoms with Gasteiger partial charge in [0, 0.05) is 6.07 Å². The van der Waals surface area contributed by atoms with Crippen molar-refractivity contribution >= 4 is 11.2 Å². The average molecular weight is 202 g/mol. The summed E-state index contributed by atoms with van der Waals surface area (Å²) in [4.78, 5) is 0. The SMILES string of the molecule is CC(C)n1nc(C[S+](C)[O-])cc1O. The van der Waals surface area contributed by atoms with Gasteiger partial charge in [-0.2, -0.15) is 5.10 Å². The molecule has 0 saturated carbocycles. The van der Waals surface area contributed by atoms with Crippen LogP contribution in [0.15, 0.2) is 6.07 Å². The lowest BCUT2D eigenvalue weighted by Gasteiger charge is -2.05. The molecule has 0 saturated heterocycles. The van der Waals surface area contributed by atoms with E-state index in [0.29, 0.717) is 11.4 Å². The minimum absolute atomic E-state index is 0.124. The van der Waals surface area contributed by atoms with Crippen molar-refractivity contribution in [1.29, 1.82) is 0 Å². The summed E-state index contributed by atoms with van der Waals surface area (Å²) >= 11 is -0.912. The standard InChI is InChI=1S/C8H14N2O2S/c1-6(2)10-8(11)4-7(9-10)5-13(3)12/h4,6,11H,5H2,1-3H3. The van der Waals surface area contributed by atoms with Crippen LogP contribution in [0.4, 0.5) is 0 Å². The van der Waals surface area contributed by atoms with E-state index < -0.39 is 11.2 Å². The summed E-state index contributed by atoms with van der Waals surface area (Å²) in [5, 5.41) is 13.5. The maximum absolute atomic E-state index is 10.9. The van der Waals surface area contributed by atoms with Gasteiger partial charge in [0.15, 0.2) is 0 Å². The first-order chi connectivity index (χ1) is 6.00. The van der Waals surface area contributed by atoms with Crippen LogP contribution in [0.3, 0.4) is 0 Å². The molecule has 1 atom stereocenters. The number of hydrogen-bond acceptors (Lipinski definition) is 3. The molecule has 74 valence electrons. The predicted octanol–water partition coefficient (Wildman–Crippen LogP) is 1.05. The molecule has 1 heterocycles. The minimum Gasteiger partial charge on any atom is -0.616 e. The Bertz CT molecular complexity index is 284. The van der Waals surface area contributed by atoms with Crippen LogP contribution in [-0.2, 0) is 16.9 Å². The van der Waals surface area contributed by atoms with Crippen LogP contribution < -0.4 is 0 Å². The molecule has 1 unspecified atom stereocenters. The van der Waals surface area contributed by atoms with Gasteiger partial charge in [0.1, 0.15) is 11.4 Å². The number of aromatic hydroxyl groups is 1. The Morgan fingerprint density at radius 3 is 2.69 bits per heavy atom. The molecule has 0 aliphatic carbocycles. The van der Waals surface area contributed by atoms with E-state index in [-0.39, 0.29) is 11.9 Å². The zero-order valence-corrected chi connectivity index (χ0v) is 8.84. The molecule has 1 aromatic heterocycles. The smallest absolute Gasteiger partial charge is 0.209 e. The first-order valence-corrected chi connectivity index (χ1v) is 5.81. The summed E-state index contributed by atoms with van der Waals surface area (Å²) in [6.07, 6.45) is 1.62. The van der Waals surface area contributed by atoms with Crippen molar-refractivity contribution in [3.8, 4) is 5.88 Å². The zero-order chi connectivity index (χ0) is 10.0. The lowest BCUT2D eigenvalue weighted by Crippen LogP contribution is -2.05.